The predicted molar refractivity (Wildman–Crippen MR) is 105 cm³/mol. The standard InChI is InChI=1S/C14H30N2O6.2C2H6/c1-15-3-5-19-7-9-21-11-12-22-10-8-20-6-4-16-14(17)13-18-2;2*1-2/h15H,3-13H2,1-2H3,(H,16,17);2*1-2H3. The van der Waals surface area contributed by atoms with Crippen LogP contribution in [0.1, 0.15) is 27.7 Å². The highest BCUT2D eigenvalue weighted by atomic mass is 16.6. The van der Waals surface area contributed by atoms with Crippen molar-refractivity contribution in [3.8, 4) is 0 Å². The van der Waals surface area contributed by atoms with Gasteiger partial charge in [-0.05, 0) is 7.05 Å². The first-order chi connectivity index (χ1) is 12.8. The van der Waals surface area contributed by atoms with E-state index in [9.17, 15) is 4.79 Å². The van der Waals surface area contributed by atoms with Crippen LogP contribution in [0, 0.1) is 0 Å². The van der Waals surface area contributed by atoms with E-state index in [2.05, 4.69) is 15.4 Å². The summed E-state index contributed by atoms with van der Waals surface area (Å²) >= 11 is 0. The maximum absolute atomic E-state index is 11.0. The molecular formula is C18H42N2O6. The lowest BCUT2D eigenvalue weighted by atomic mass is 10.6. The van der Waals surface area contributed by atoms with Gasteiger partial charge in [-0.3, -0.25) is 4.79 Å². The van der Waals surface area contributed by atoms with Crippen molar-refractivity contribution in [2.45, 2.75) is 27.7 Å². The molecule has 2 N–H and O–H groups in total. The Kier molecular flexibility index (Phi) is 36.8. The summed E-state index contributed by atoms with van der Waals surface area (Å²) in [5, 5.41) is 5.66. The van der Waals surface area contributed by atoms with Crippen LogP contribution in [0.3, 0.4) is 0 Å². The minimum Gasteiger partial charge on any atom is -0.378 e. The average molecular weight is 383 g/mol. The summed E-state index contributed by atoms with van der Waals surface area (Å²) in [5.41, 5.74) is 0. The van der Waals surface area contributed by atoms with Crippen LogP contribution in [-0.2, 0) is 28.5 Å². The zero-order chi connectivity index (χ0) is 20.3. The van der Waals surface area contributed by atoms with Gasteiger partial charge in [-0.1, -0.05) is 27.7 Å². The Hall–Kier alpha value is -0.770. The van der Waals surface area contributed by atoms with Crippen molar-refractivity contribution < 1.29 is 28.5 Å². The molecule has 0 heterocycles. The maximum Gasteiger partial charge on any atom is 0.246 e. The second-order valence-corrected chi connectivity index (χ2v) is 4.34. The summed E-state index contributed by atoms with van der Waals surface area (Å²) < 4.78 is 26.0. The molecule has 0 atom stereocenters. The van der Waals surface area contributed by atoms with Crippen LogP contribution in [0.25, 0.3) is 0 Å². The molecule has 0 spiro atoms. The van der Waals surface area contributed by atoms with Crippen molar-refractivity contribution in [2.75, 3.05) is 86.7 Å². The highest BCUT2D eigenvalue weighted by molar-refractivity contribution is 5.77. The van der Waals surface area contributed by atoms with Crippen molar-refractivity contribution in [3.05, 3.63) is 0 Å². The summed E-state index contributed by atoms with van der Waals surface area (Å²) in [6.07, 6.45) is 0. The Morgan fingerprint density at radius 1 is 0.692 bits per heavy atom. The lowest BCUT2D eigenvalue weighted by molar-refractivity contribution is -0.125. The molecule has 0 aliphatic carbocycles. The molecule has 26 heavy (non-hydrogen) atoms. The van der Waals surface area contributed by atoms with E-state index < -0.39 is 0 Å². The first-order valence-corrected chi connectivity index (χ1v) is 9.52. The van der Waals surface area contributed by atoms with E-state index in [0.717, 1.165) is 6.54 Å². The monoisotopic (exact) mass is 382 g/mol. The second kappa shape index (κ2) is 31.9. The third-order valence-corrected chi connectivity index (χ3v) is 2.46. The highest BCUT2D eigenvalue weighted by Crippen LogP contribution is 1.82. The fourth-order valence-corrected chi connectivity index (χ4v) is 1.38. The Labute approximate surface area is 160 Å². The van der Waals surface area contributed by atoms with Gasteiger partial charge in [0.25, 0.3) is 0 Å². The molecule has 0 rings (SSSR count). The molecule has 0 saturated heterocycles. The van der Waals surface area contributed by atoms with Crippen molar-refractivity contribution in [3.63, 3.8) is 0 Å². The van der Waals surface area contributed by atoms with Crippen LogP contribution in [-0.4, -0.2) is 92.6 Å². The minimum absolute atomic E-state index is 0.0731. The molecular weight excluding hydrogens is 340 g/mol. The number of hydrogen-bond donors (Lipinski definition) is 2. The van der Waals surface area contributed by atoms with Gasteiger partial charge < -0.3 is 34.3 Å². The van der Waals surface area contributed by atoms with Gasteiger partial charge in [-0.25, -0.2) is 0 Å². The fraction of sp³-hybridized carbons (Fsp3) is 0.944. The Balaban J connectivity index is -0.00000123. The Morgan fingerprint density at radius 2 is 1.08 bits per heavy atom. The van der Waals surface area contributed by atoms with Crippen LogP contribution in [0.2, 0.25) is 0 Å². The van der Waals surface area contributed by atoms with Gasteiger partial charge in [0.1, 0.15) is 6.61 Å². The van der Waals surface area contributed by atoms with Gasteiger partial charge in [0.2, 0.25) is 5.91 Å². The van der Waals surface area contributed by atoms with E-state index in [-0.39, 0.29) is 12.5 Å². The lowest BCUT2D eigenvalue weighted by Gasteiger charge is -2.08. The smallest absolute Gasteiger partial charge is 0.246 e. The van der Waals surface area contributed by atoms with Gasteiger partial charge >= 0.3 is 0 Å². The van der Waals surface area contributed by atoms with E-state index in [1.165, 1.54) is 7.11 Å². The van der Waals surface area contributed by atoms with Crippen LogP contribution >= 0.6 is 0 Å². The van der Waals surface area contributed by atoms with Gasteiger partial charge in [0.05, 0.1) is 52.9 Å². The summed E-state index contributed by atoms with van der Waals surface area (Å²) in [6, 6.07) is 0. The van der Waals surface area contributed by atoms with E-state index in [1.54, 1.807) is 0 Å². The molecule has 160 valence electrons. The lowest BCUT2D eigenvalue weighted by Crippen LogP contribution is -2.30. The quantitative estimate of drug-likeness (QED) is 0.364. The maximum atomic E-state index is 11.0. The molecule has 0 aliphatic heterocycles. The zero-order valence-electron chi connectivity index (χ0n) is 17.7. The zero-order valence-corrected chi connectivity index (χ0v) is 17.7. The highest BCUT2D eigenvalue weighted by Gasteiger charge is 1.98. The molecule has 0 aromatic carbocycles. The molecule has 0 saturated carbocycles. The summed E-state index contributed by atoms with van der Waals surface area (Å²) in [5.74, 6) is -0.144. The van der Waals surface area contributed by atoms with Crippen LogP contribution < -0.4 is 10.6 Å². The van der Waals surface area contributed by atoms with Gasteiger partial charge in [-0.2, -0.15) is 0 Å². The number of rotatable bonds is 17. The molecule has 8 heteroatoms. The summed E-state index contributed by atoms with van der Waals surface area (Å²) in [6.45, 7) is 13.8. The van der Waals surface area contributed by atoms with Crippen LogP contribution in [0.5, 0.6) is 0 Å². The van der Waals surface area contributed by atoms with Crippen LogP contribution in [0.4, 0.5) is 0 Å². The largest absolute Gasteiger partial charge is 0.378 e. The molecule has 0 aromatic rings. The number of likely N-dealkylation sites (N-methyl/N-ethyl adjacent to an activating group) is 1. The normalized spacial score (nSPS) is 9.62. The molecule has 8 nitrogen and oxygen atoms in total. The van der Waals surface area contributed by atoms with E-state index >= 15 is 0 Å². The van der Waals surface area contributed by atoms with Crippen molar-refractivity contribution >= 4 is 5.91 Å². The Morgan fingerprint density at radius 3 is 1.46 bits per heavy atom. The number of carbonyl (C=O) groups is 1. The number of nitrogens with one attached hydrogen (secondary N) is 2. The van der Waals surface area contributed by atoms with Crippen molar-refractivity contribution in [1.82, 2.24) is 10.6 Å². The van der Waals surface area contributed by atoms with E-state index in [1.807, 2.05) is 34.7 Å². The SMILES string of the molecule is CC.CC.CNCCOCCOCCOCCOCCNC(=O)COC. The molecule has 1 amide bonds. The molecule has 0 bridgehead atoms. The van der Waals surface area contributed by atoms with Crippen LogP contribution in [0.15, 0.2) is 0 Å². The second-order valence-electron chi connectivity index (χ2n) is 4.34. The van der Waals surface area contributed by atoms with E-state index in [4.69, 9.17) is 18.9 Å². The fourth-order valence-electron chi connectivity index (χ4n) is 1.38. The predicted octanol–water partition coefficient (Wildman–Crippen LogP) is 1.09. The topological polar surface area (TPSA) is 87.3 Å². The van der Waals surface area contributed by atoms with Crippen molar-refractivity contribution in [2.24, 2.45) is 0 Å². The third kappa shape index (κ3) is 31.0. The number of methoxy groups -OCH3 is 1. The number of carbonyl (C=O) groups excluding carboxylic acids is 1. The number of hydrogen-bond acceptors (Lipinski definition) is 7. The molecule has 0 aromatic heterocycles. The molecule has 0 radical (unpaired) electrons. The molecule has 0 unspecified atom stereocenters. The number of ether oxygens (including phenoxy) is 5. The first-order valence-electron chi connectivity index (χ1n) is 9.52. The van der Waals surface area contributed by atoms with Gasteiger partial charge in [0, 0.05) is 20.2 Å². The Bertz CT molecular complexity index is 246. The summed E-state index contributed by atoms with van der Waals surface area (Å²) in [7, 11) is 3.37. The van der Waals surface area contributed by atoms with Crippen molar-refractivity contribution in [1.29, 1.82) is 0 Å². The van der Waals surface area contributed by atoms with Gasteiger partial charge in [-0.15, -0.1) is 0 Å². The number of amides is 1. The molecule has 0 fully saturated rings. The average Bonchev–Trinajstić information content (AvgIpc) is 2.68. The summed E-state index contributed by atoms with van der Waals surface area (Å²) in [4.78, 5) is 11.0. The van der Waals surface area contributed by atoms with E-state index in [0.29, 0.717) is 59.4 Å². The molecule has 0 aliphatic rings. The van der Waals surface area contributed by atoms with Gasteiger partial charge in [0.15, 0.2) is 0 Å². The first kappa shape index (κ1) is 30.0. The third-order valence-electron chi connectivity index (χ3n) is 2.46. The minimum atomic E-state index is -0.144.